The Morgan fingerprint density at radius 3 is 2.68 bits per heavy atom. The van der Waals surface area contributed by atoms with Crippen LogP contribution in [-0.4, -0.2) is 30.1 Å². The van der Waals surface area contributed by atoms with Crippen LogP contribution in [0.1, 0.15) is 38.8 Å². The van der Waals surface area contributed by atoms with Gasteiger partial charge in [-0.15, -0.1) is 0 Å². The fraction of sp³-hybridized carbons (Fsp3) is 0.529. The average Bonchev–Trinajstić information content (AvgIpc) is 2.39. The average molecular weight is 258 g/mol. The molecule has 1 aromatic rings. The van der Waals surface area contributed by atoms with Gasteiger partial charge in [-0.05, 0) is 25.8 Å². The Morgan fingerprint density at radius 2 is 2.11 bits per heavy atom. The van der Waals surface area contributed by atoms with E-state index in [1.54, 1.807) is 0 Å². The molecule has 104 valence electrons. The number of benzene rings is 1. The van der Waals surface area contributed by atoms with Crippen LogP contribution in [0, 0.1) is 0 Å². The highest BCUT2D eigenvalue weighted by Gasteiger charge is 2.34. The SMILES string of the molecule is C=C(C)CN1CC(C)(CC)NCC1c1ccccc1. The van der Waals surface area contributed by atoms with Crippen molar-refractivity contribution < 1.29 is 0 Å². The third-order valence-corrected chi connectivity index (χ3v) is 4.15. The molecular weight excluding hydrogens is 232 g/mol. The Morgan fingerprint density at radius 1 is 1.42 bits per heavy atom. The van der Waals surface area contributed by atoms with E-state index in [1.807, 2.05) is 0 Å². The normalized spacial score (nSPS) is 28.3. The Balaban J connectivity index is 2.20. The molecule has 1 fully saturated rings. The fourth-order valence-corrected chi connectivity index (χ4v) is 2.84. The zero-order chi connectivity index (χ0) is 13.9. The molecule has 1 saturated heterocycles. The predicted molar refractivity (Wildman–Crippen MR) is 82.3 cm³/mol. The third kappa shape index (κ3) is 3.46. The molecule has 2 atom stereocenters. The van der Waals surface area contributed by atoms with E-state index < -0.39 is 0 Å². The van der Waals surface area contributed by atoms with Crippen molar-refractivity contribution in [3.05, 3.63) is 48.0 Å². The second-order valence-corrected chi connectivity index (χ2v) is 6.08. The second-order valence-electron chi connectivity index (χ2n) is 6.08. The molecule has 1 aliphatic heterocycles. The molecule has 0 amide bonds. The van der Waals surface area contributed by atoms with Crippen LogP contribution < -0.4 is 5.32 Å². The summed E-state index contributed by atoms with van der Waals surface area (Å²) >= 11 is 0. The van der Waals surface area contributed by atoms with Crippen molar-refractivity contribution in [2.75, 3.05) is 19.6 Å². The van der Waals surface area contributed by atoms with Crippen molar-refractivity contribution in [2.24, 2.45) is 0 Å². The molecule has 0 aromatic heterocycles. The van der Waals surface area contributed by atoms with Crippen LogP contribution in [0.5, 0.6) is 0 Å². The summed E-state index contributed by atoms with van der Waals surface area (Å²) in [7, 11) is 0. The monoisotopic (exact) mass is 258 g/mol. The van der Waals surface area contributed by atoms with Crippen LogP contribution in [0.2, 0.25) is 0 Å². The van der Waals surface area contributed by atoms with E-state index in [0.29, 0.717) is 6.04 Å². The molecule has 2 heteroatoms. The van der Waals surface area contributed by atoms with Crippen LogP contribution in [0.3, 0.4) is 0 Å². The highest BCUT2D eigenvalue weighted by atomic mass is 15.2. The van der Waals surface area contributed by atoms with Gasteiger partial charge in [0.1, 0.15) is 0 Å². The van der Waals surface area contributed by atoms with Crippen LogP contribution in [0.4, 0.5) is 0 Å². The van der Waals surface area contributed by atoms with E-state index >= 15 is 0 Å². The smallest absolute Gasteiger partial charge is 0.0477 e. The zero-order valence-corrected chi connectivity index (χ0v) is 12.4. The molecule has 2 nitrogen and oxygen atoms in total. The van der Waals surface area contributed by atoms with Gasteiger partial charge < -0.3 is 5.32 Å². The molecule has 1 heterocycles. The van der Waals surface area contributed by atoms with Crippen molar-refractivity contribution >= 4 is 0 Å². The second kappa shape index (κ2) is 5.89. The van der Waals surface area contributed by atoms with Crippen molar-refractivity contribution in [3.63, 3.8) is 0 Å². The number of rotatable bonds is 4. The molecule has 2 unspecified atom stereocenters. The fourth-order valence-electron chi connectivity index (χ4n) is 2.84. The summed E-state index contributed by atoms with van der Waals surface area (Å²) in [5, 5.41) is 3.73. The molecule has 19 heavy (non-hydrogen) atoms. The van der Waals surface area contributed by atoms with Crippen LogP contribution >= 0.6 is 0 Å². The molecule has 0 saturated carbocycles. The lowest BCUT2D eigenvalue weighted by molar-refractivity contribution is 0.0932. The Kier molecular flexibility index (Phi) is 4.43. The summed E-state index contributed by atoms with van der Waals surface area (Å²) in [5.74, 6) is 0. The molecule has 1 aliphatic rings. The standard InChI is InChI=1S/C17H26N2/c1-5-17(4)13-19(12-14(2)3)16(11-18-17)15-9-7-6-8-10-15/h6-10,16,18H,2,5,11-13H2,1,3-4H3. The van der Waals surface area contributed by atoms with Crippen LogP contribution in [-0.2, 0) is 0 Å². The number of piperazine rings is 1. The number of hydrogen-bond donors (Lipinski definition) is 1. The number of nitrogens with zero attached hydrogens (tertiary/aromatic N) is 1. The minimum absolute atomic E-state index is 0.223. The minimum Gasteiger partial charge on any atom is -0.308 e. The van der Waals surface area contributed by atoms with Gasteiger partial charge in [-0.2, -0.15) is 0 Å². The van der Waals surface area contributed by atoms with Crippen molar-refractivity contribution in [3.8, 4) is 0 Å². The summed E-state index contributed by atoms with van der Waals surface area (Å²) in [6.07, 6.45) is 1.15. The highest BCUT2D eigenvalue weighted by molar-refractivity contribution is 5.21. The topological polar surface area (TPSA) is 15.3 Å². The molecule has 1 N–H and O–H groups in total. The van der Waals surface area contributed by atoms with Gasteiger partial charge in [0.15, 0.2) is 0 Å². The summed E-state index contributed by atoms with van der Waals surface area (Å²) in [6.45, 7) is 13.9. The summed E-state index contributed by atoms with van der Waals surface area (Å²) in [6, 6.07) is 11.2. The maximum atomic E-state index is 4.09. The van der Waals surface area contributed by atoms with Gasteiger partial charge in [0, 0.05) is 31.2 Å². The van der Waals surface area contributed by atoms with Gasteiger partial charge >= 0.3 is 0 Å². The maximum Gasteiger partial charge on any atom is 0.0477 e. The first-order valence-corrected chi connectivity index (χ1v) is 7.22. The van der Waals surface area contributed by atoms with E-state index in [9.17, 15) is 0 Å². The third-order valence-electron chi connectivity index (χ3n) is 4.15. The van der Waals surface area contributed by atoms with Crippen LogP contribution in [0.15, 0.2) is 42.5 Å². The highest BCUT2D eigenvalue weighted by Crippen LogP contribution is 2.28. The van der Waals surface area contributed by atoms with Gasteiger partial charge in [-0.25, -0.2) is 0 Å². The Hall–Kier alpha value is -1.12. The van der Waals surface area contributed by atoms with E-state index in [-0.39, 0.29) is 5.54 Å². The van der Waals surface area contributed by atoms with Gasteiger partial charge in [-0.3, -0.25) is 4.90 Å². The van der Waals surface area contributed by atoms with Gasteiger partial charge in [0.2, 0.25) is 0 Å². The summed E-state index contributed by atoms with van der Waals surface area (Å²) in [4.78, 5) is 2.57. The molecular formula is C17H26N2. The van der Waals surface area contributed by atoms with E-state index in [4.69, 9.17) is 0 Å². The molecule has 0 bridgehead atoms. The van der Waals surface area contributed by atoms with Crippen molar-refractivity contribution in [1.29, 1.82) is 0 Å². The lowest BCUT2D eigenvalue weighted by atomic mass is 9.91. The molecule has 0 aliphatic carbocycles. The predicted octanol–water partition coefficient (Wildman–Crippen LogP) is 3.38. The minimum atomic E-state index is 0.223. The van der Waals surface area contributed by atoms with Gasteiger partial charge in [0.25, 0.3) is 0 Å². The van der Waals surface area contributed by atoms with Crippen molar-refractivity contribution in [1.82, 2.24) is 10.2 Å². The Bertz CT molecular complexity index is 426. The molecule has 1 aromatic carbocycles. The lowest BCUT2D eigenvalue weighted by Gasteiger charge is -2.46. The molecule has 2 rings (SSSR count). The van der Waals surface area contributed by atoms with E-state index in [1.165, 1.54) is 11.1 Å². The van der Waals surface area contributed by atoms with Gasteiger partial charge in [-0.1, -0.05) is 49.4 Å². The zero-order valence-electron chi connectivity index (χ0n) is 12.4. The van der Waals surface area contributed by atoms with Crippen LogP contribution in [0.25, 0.3) is 0 Å². The first-order valence-electron chi connectivity index (χ1n) is 7.22. The van der Waals surface area contributed by atoms with E-state index in [0.717, 1.165) is 26.1 Å². The molecule has 0 radical (unpaired) electrons. The number of nitrogens with one attached hydrogen (secondary N) is 1. The number of hydrogen-bond acceptors (Lipinski definition) is 2. The first kappa shape index (κ1) is 14.3. The largest absolute Gasteiger partial charge is 0.308 e. The summed E-state index contributed by atoms with van der Waals surface area (Å²) in [5.41, 5.74) is 2.86. The quantitative estimate of drug-likeness (QED) is 0.833. The Labute approximate surface area is 117 Å². The maximum absolute atomic E-state index is 4.09. The molecule has 0 spiro atoms. The van der Waals surface area contributed by atoms with Gasteiger partial charge in [0.05, 0.1) is 0 Å². The van der Waals surface area contributed by atoms with Crippen molar-refractivity contribution in [2.45, 2.75) is 38.8 Å². The van der Waals surface area contributed by atoms with E-state index in [2.05, 4.69) is 67.9 Å². The first-order chi connectivity index (χ1) is 9.04. The summed E-state index contributed by atoms with van der Waals surface area (Å²) < 4.78 is 0. The lowest BCUT2D eigenvalue weighted by Crippen LogP contribution is -2.59.